The number of carbonyl (C=O) groups is 1. The van der Waals surface area contributed by atoms with E-state index in [1.165, 1.54) is 19.1 Å². The molecule has 0 radical (unpaired) electrons. The van der Waals surface area contributed by atoms with Crippen LogP contribution in [0.25, 0.3) is 10.9 Å². The maximum atomic E-state index is 13.5. The third kappa shape index (κ3) is 4.62. The molecule has 1 atom stereocenters. The van der Waals surface area contributed by atoms with Gasteiger partial charge < -0.3 is 15.3 Å². The number of hydrogen-bond donors (Lipinski definition) is 4. The molecule has 0 bridgehead atoms. The Kier molecular flexibility index (Phi) is 6.21. The van der Waals surface area contributed by atoms with Crippen molar-refractivity contribution in [3.8, 4) is 0 Å². The fourth-order valence-electron chi connectivity index (χ4n) is 4.23. The van der Waals surface area contributed by atoms with E-state index in [0.29, 0.717) is 25.8 Å². The van der Waals surface area contributed by atoms with Crippen LogP contribution in [0.4, 0.5) is 4.39 Å². The van der Waals surface area contributed by atoms with E-state index in [0.717, 1.165) is 20.8 Å². The van der Waals surface area contributed by atoms with E-state index in [-0.39, 0.29) is 30.5 Å². The number of rotatable bonds is 6. The lowest BCUT2D eigenvalue weighted by Gasteiger charge is -2.31. The number of amides is 1. The number of halogens is 1. The van der Waals surface area contributed by atoms with Crippen molar-refractivity contribution in [3.05, 3.63) is 62.3 Å². The largest absolute Gasteiger partial charge is 0.361 e. The fraction of sp³-hybridized carbons (Fsp3) is 0.381. The number of aromatic nitrogens is 3. The third-order valence-electron chi connectivity index (χ3n) is 5.85. The summed E-state index contributed by atoms with van der Waals surface area (Å²) in [7, 11) is -4.19. The van der Waals surface area contributed by atoms with Crippen LogP contribution in [-0.2, 0) is 21.2 Å². The molecule has 0 aliphatic carbocycles. The molecule has 33 heavy (non-hydrogen) atoms. The predicted molar refractivity (Wildman–Crippen MR) is 119 cm³/mol. The zero-order chi connectivity index (χ0) is 23.8. The number of carbonyl (C=O) groups excluding carboxylic acids is 1. The fourth-order valence-corrected chi connectivity index (χ4v) is 5.95. The van der Waals surface area contributed by atoms with Gasteiger partial charge >= 0.3 is 5.69 Å². The minimum absolute atomic E-state index is 0.0505. The van der Waals surface area contributed by atoms with E-state index in [9.17, 15) is 27.2 Å². The molecule has 1 aliphatic rings. The first-order valence-corrected chi connectivity index (χ1v) is 12.0. The molecule has 1 aliphatic heterocycles. The summed E-state index contributed by atoms with van der Waals surface area (Å²) in [5.41, 5.74) is -0.155. The highest BCUT2D eigenvalue weighted by molar-refractivity contribution is 7.89. The SMILES string of the molecule is Cc1[nH]c(=O)[nH]c(=O)c1S(=O)(=O)N1CCC[C@@H](C(=O)NCCc2c[nH]c3ccc(F)cc23)C1. The minimum Gasteiger partial charge on any atom is -0.361 e. The Bertz CT molecular complexity index is 1420. The number of fused-ring (bicyclic) bond motifs is 1. The Morgan fingerprint density at radius 3 is 2.82 bits per heavy atom. The van der Waals surface area contributed by atoms with Crippen LogP contribution in [0.3, 0.4) is 0 Å². The van der Waals surface area contributed by atoms with Crippen LogP contribution in [0.2, 0.25) is 0 Å². The molecule has 4 N–H and O–H groups in total. The number of benzene rings is 1. The van der Waals surface area contributed by atoms with Crippen molar-refractivity contribution in [2.75, 3.05) is 19.6 Å². The molecule has 3 aromatic rings. The zero-order valence-corrected chi connectivity index (χ0v) is 18.7. The number of aryl methyl sites for hydroxylation is 1. The van der Waals surface area contributed by atoms with E-state index in [1.807, 2.05) is 4.98 Å². The predicted octanol–water partition coefficient (Wildman–Crippen LogP) is 0.752. The quantitative estimate of drug-likeness (QED) is 0.414. The van der Waals surface area contributed by atoms with Gasteiger partial charge in [0.25, 0.3) is 5.56 Å². The highest BCUT2D eigenvalue weighted by Gasteiger charge is 2.35. The van der Waals surface area contributed by atoms with Crippen molar-refractivity contribution in [2.24, 2.45) is 5.92 Å². The summed E-state index contributed by atoms with van der Waals surface area (Å²) in [6, 6.07) is 4.46. The maximum absolute atomic E-state index is 13.5. The molecule has 1 amide bonds. The number of hydrogen-bond acceptors (Lipinski definition) is 5. The molecule has 3 heterocycles. The van der Waals surface area contributed by atoms with Crippen LogP contribution in [0.15, 0.2) is 38.9 Å². The van der Waals surface area contributed by atoms with Gasteiger partial charge in [0.1, 0.15) is 5.82 Å². The van der Waals surface area contributed by atoms with Crippen molar-refractivity contribution in [1.82, 2.24) is 24.6 Å². The maximum Gasteiger partial charge on any atom is 0.325 e. The van der Waals surface area contributed by atoms with Gasteiger partial charge in [-0.25, -0.2) is 17.6 Å². The Labute approximate surface area is 188 Å². The van der Waals surface area contributed by atoms with Gasteiger partial charge in [0.05, 0.1) is 5.92 Å². The summed E-state index contributed by atoms with van der Waals surface area (Å²) < 4.78 is 40.7. The highest BCUT2D eigenvalue weighted by atomic mass is 32.2. The first-order valence-electron chi connectivity index (χ1n) is 10.5. The molecule has 0 spiro atoms. The number of piperidine rings is 1. The molecule has 1 saturated heterocycles. The summed E-state index contributed by atoms with van der Waals surface area (Å²) in [6.45, 7) is 1.76. The normalized spacial score (nSPS) is 17.3. The number of sulfonamides is 1. The lowest BCUT2D eigenvalue weighted by atomic mass is 9.98. The Morgan fingerprint density at radius 2 is 2.06 bits per heavy atom. The van der Waals surface area contributed by atoms with Crippen molar-refractivity contribution in [1.29, 1.82) is 0 Å². The zero-order valence-electron chi connectivity index (χ0n) is 17.9. The van der Waals surface area contributed by atoms with Gasteiger partial charge in [0.2, 0.25) is 15.9 Å². The van der Waals surface area contributed by atoms with Crippen LogP contribution >= 0.6 is 0 Å². The van der Waals surface area contributed by atoms with Gasteiger partial charge in [-0.1, -0.05) is 0 Å². The van der Waals surface area contributed by atoms with Crippen molar-refractivity contribution in [2.45, 2.75) is 31.1 Å². The average molecular weight is 478 g/mol. The van der Waals surface area contributed by atoms with Gasteiger partial charge in [-0.15, -0.1) is 0 Å². The average Bonchev–Trinajstić information content (AvgIpc) is 3.15. The van der Waals surface area contributed by atoms with Crippen LogP contribution in [0.1, 0.15) is 24.1 Å². The highest BCUT2D eigenvalue weighted by Crippen LogP contribution is 2.23. The minimum atomic E-state index is -4.19. The number of nitrogens with one attached hydrogen (secondary N) is 4. The molecular formula is C21H24FN5O5S. The molecule has 0 saturated carbocycles. The Hall–Kier alpha value is -3.25. The first kappa shape index (κ1) is 22.9. The summed E-state index contributed by atoms with van der Waals surface area (Å²) >= 11 is 0. The monoisotopic (exact) mass is 477 g/mol. The summed E-state index contributed by atoms with van der Waals surface area (Å²) in [6.07, 6.45) is 3.22. The van der Waals surface area contributed by atoms with E-state index in [4.69, 9.17) is 0 Å². The Balaban J connectivity index is 1.42. The second kappa shape index (κ2) is 8.94. The summed E-state index contributed by atoms with van der Waals surface area (Å²) in [5, 5.41) is 3.58. The Morgan fingerprint density at radius 1 is 1.27 bits per heavy atom. The van der Waals surface area contributed by atoms with E-state index >= 15 is 0 Å². The summed E-state index contributed by atoms with van der Waals surface area (Å²) in [5.74, 6) is -1.20. The van der Waals surface area contributed by atoms with Gasteiger partial charge in [-0.2, -0.15) is 4.31 Å². The molecule has 12 heteroatoms. The topological polar surface area (TPSA) is 148 Å². The first-order chi connectivity index (χ1) is 15.7. The van der Waals surface area contributed by atoms with Gasteiger partial charge in [-0.3, -0.25) is 14.6 Å². The second-order valence-corrected chi connectivity index (χ2v) is 9.98. The molecule has 1 aromatic carbocycles. The van der Waals surface area contributed by atoms with Crippen LogP contribution in [-0.4, -0.2) is 53.2 Å². The summed E-state index contributed by atoms with van der Waals surface area (Å²) in [4.78, 5) is 43.0. The number of H-pyrrole nitrogens is 3. The smallest absolute Gasteiger partial charge is 0.325 e. The molecular weight excluding hydrogens is 453 g/mol. The van der Waals surface area contributed by atoms with E-state index in [1.54, 1.807) is 12.3 Å². The molecule has 4 rings (SSSR count). The van der Waals surface area contributed by atoms with Crippen molar-refractivity contribution in [3.63, 3.8) is 0 Å². The lowest BCUT2D eigenvalue weighted by molar-refractivity contribution is -0.126. The number of aromatic amines is 3. The van der Waals surface area contributed by atoms with Gasteiger partial charge in [0.15, 0.2) is 4.90 Å². The third-order valence-corrected chi connectivity index (χ3v) is 7.87. The standard InChI is InChI=1S/C21H24FN5O5S/c1-12-18(20(29)26-21(30)25-12)33(31,32)27-8-2-3-14(11-27)19(28)23-7-6-13-10-24-17-5-4-15(22)9-16(13)17/h4-5,9-10,14,24H,2-3,6-8,11H2,1H3,(H,23,28)(H2,25,26,29,30)/t14-/m1/s1. The van der Waals surface area contributed by atoms with Crippen molar-refractivity contribution >= 4 is 26.8 Å². The van der Waals surface area contributed by atoms with Crippen LogP contribution in [0, 0.1) is 18.7 Å². The van der Waals surface area contributed by atoms with Crippen LogP contribution in [0.5, 0.6) is 0 Å². The van der Waals surface area contributed by atoms with Crippen molar-refractivity contribution < 1.29 is 17.6 Å². The molecule has 176 valence electrons. The lowest BCUT2D eigenvalue weighted by Crippen LogP contribution is -2.47. The molecule has 2 aromatic heterocycles. The van der Waals surface area contributed by atoms with E-state index in [2.05, 4.69) is 15.3 Å². The van der Waals surface area contributed by atoms with Gasteiger partial charge in [0, 0.05) is 42.4 Å². The van der Waals surface area contributed by atoms with Crippen LogP contribution < -0.4 is 16.6 Å². The second-order valence-electron chi connectivity index (χ2n) is 8.11. The molecule has 10 nitrogen and oxygen atoms in total. The molecule has 0 unspecified atom stereocenters. The van der Waals surface area contributed by atoms with Gasteiger partial charge in [-0.05, 0) is 49.9 Å². The molecule has 1 fully saturated rings. The number of nitrogens with zero attached hydrogens (tertiary/aromatic N) is 1. The van der Waals surface area contributed by atoms with E-state index < -0.39 is 32.1 Å².